The Labute approximate surface area is 159 Å². The number of carbonyl (C=O) groups is 2. The molecule has 0 radical (unpaired) electrons. The fraction of sp³-hybridized carbons (Fsp3) is 0.211. The van der Waals surface area contributed by atoms with Crippen LogP contribution in [-0.4, -0.2) is 46.0 Å². The molecule has 144 valence electrons. The molecule has 1 saturated heterocycles. The van der Waals surface area contributed by atoms with E-state index >= 15 is 0 Å². The van der Waals surface area contributed by atoms with E-state index in [4.69, 9.17) is 11.5 Å². The molecule has 1 aliphatic heterocycles. The second kappa shape index (κ2) is 6.90. The van der Waals surface area contributed by atoms with Gasteiger partial charge in [0, 0.05) is 31.6 Å². The molecular formula is C19H16F2N4O3. The highest BCUT2D eigenvalue weighted by atomic mass is 19.1. The van der Waals surface area contributed by atoms with Gasteiger partial charge in [-0.3, -0.25) is 9.59 Å². The highest BCUT2D eigenvalue weighted by Gasteiger charge is 2.42. The van der Waals surface area contributed by atoms with Crippen molar-refractivity contribution >= 4 is 17.5 Å². The van der Waals surface area contributed by atoms with Crippen molar-refractivity contribution in [1.29, 1.82) is 0 Å². The number of likely N-dealkylation sites (tertiary alicyclic amines) is 1. The SMILES string of the molecule is CN1CCC(O)(C#Cc2cc(-c3nc(C(N)=O)c(N)cc3F)ccc2F)C1=O. The standard InChI is InChI=1S/C19H16F2N4O3/c1-25-7-6-19(28,18(25)27)5-4-10-8-11(2-3-12(10)20)15-13(21)9-14(22)16(24-15)17(23)26/h2-3,8-9,28H,6-7,22H2,1H3,(H2,23,26). The highest BCUT2D eigenvalue weighted by molar-refractivity contribution is 5.96. The van der Waals surface area contributed by atoms with Crippen LogP contribution < -0.4 is 11.5 Å². The second-order valence-corrected chi connectivity index (χ2v) is 6.40. The fourth-order valence-corrected chi connectivity index (χ4v) is 2.81. The predicted octanol–water partition coefficient (Wildman–Crippen LogP) is 0.653. The third-order valence-electron chi connectivity index (χ3n) is 4.39. The minimum absolute atomic E-state index is 0.0900. The Kier molecular flexibility index (Phi) is 4.75. The molecule has 0 saturated carbocycles. The molecule has 2 amide bonds. The quantitative estimate of drug-likeness (QED) is 0.654. The van der Waals surface area contributed by atoms with Gasteiger partial charge in [0.05, 0.1) is 11.3 Å². The molecule has 1 fully saturated rings. The lowest BCUT2D eigenvalue weighted by molar-refractivity contribution is -0.137. The summed E-state index contributed by atoms with van der Waals surface area (Å²) in [6, 6.07) is 4.37. The van der Waals surface area contributed by atoms with Gasteiger partial charge in [-0.2, -0.15) is 0 Å². The summed E-state index contributed by atoms with van der Waals surface area (Å²) in [5.41, 5.74) is 7.94. The number of amides is 2. The second-order valence-electron chi connectivity index (χ2n) is 6.40. The number of nitrogens with zero attached hydrogens (tertiary/aromatic N) is 2. The largest absolute Gasteiger partial charge is 0.397 e. The minimum Gasteiger partial charge on any atom is -0.397 e. The van der Waals surface area contributed by atoms with Gasteiger partial charge in [0.2, 0.25) is 5.60 Å². The van der Waals surface area contributed by atoms with Crippen molar-refractivity contribution in [2.45, 2.75) is 12.0 Å². The third-order valence-corrected chi connectivity index (χ3v) is 4.39. The van der Waals surface area contributed by atoms with Gasteiger partial charge in [-0.25, -0.2) is 13.8 Å². The van der Waals surface area contributed by atoms with Crippen molar-refractivity contribution in [2.75, 3.05) is 19.3 Å². The van der Waals surface area contributed by atoms with Crippen LogP contribution in [0.1, 0.15) is 22.5 Å². The normalized spacial score (nSPS) is 18.7. The van der Waals surface area contributed by atoms with Crippen LogP contribution >= 0.6 is 0 Å². The Hall–Kier alpha value is -3.51. The van der Waals surface area contributed by atoms with Crippen LogP contribution in [0.2, 0.25) is 0 Å². The summed E-state index contributed by atoms with van der Waals surface area (Å²) < 4.78 is 28.4. The number of aromatic nitrogens is 1. The van der Waals surface area contributed by atoms with E-state index in [0.29, 0.717) is 6.54 Å². The van der Waals surface area contributed by atoms with Gasteiger partial charge in [0.25, 0.3) is 11.8 Å². The van der Waals surface area contributed by atoms with Crippen molar-refractivity contribution in [3.8, 4) is 23.1 Å². The number of rotatable bonds is 2. The molecule has 0 aliphatic carbocycles. The van der Waals surface area contributed by atoms with E-state index in [1.807, 2.05) is 0 Å². The number of halogens is 2. The summed E-state index contributed by atoms with van der Waals surface area (Å²) in [6.45, 7) is 0.322. The number of carbonyl (C=O) groups excluding carboxylic acids is 2. The Morgan fingerprint density at radius 3 is 2.64 bits per heavy atom. The van der Waals surface area contributed by atoms with Gasteiger partial charge in [-0.1, -0.05) is 11.8 Å². The number of likely N-dealkylation sites (N-methyl/N-ethyl adjacent to an activating group) is 1. The van der Waals surface area contributed by atoms with Crippen molar-refractivity contribution in [3.63, 3.8) is 0 Å². The van der Waals surface area contributed by atoms with Crippen LogP contribution in [0.15, 0.2) is 24.3 Å². The van der Waals surface area contributed by atoms with Gasteiger partial charge >= 0.3 is 0 Å². The van der Waals surface area contributed by atoms with Gasteiger partial charge in [0.15, 0.2) is 11.5 Å². The van der Waals surface area contributed by atoms with E-state index in [0.717, 1.165) is 12.1 Å². The lowest BCUT2D eigenvalue weighted by atomic mass is 10.0. The van der Waals surface area contributed by atoms with Crippen molar-refractivity contribution < 1.29 is 23.5 Å². The van der Waals surface area contributed by atoms with E-state index < -0.39 is 29.0 Å². The van der Waals surface area contributed by atoms with E-state index in [2.05, 4.69) is 16.8 Å². The Balaban J connectivity index is 2.05. The first kappa shape index (κ1) is 19.3. The van der Waals surface area contributed by atoms with E-state index in [1.165, 1.54) is 24.1 Å². The van der Waals surface area contributed by atoms with Crippen LogP contribution in [0.3, 0.4) is 0 Å². The van der Waals surface area contributed by atoms with Crippen molar-refractivity contribution in [2.24, 2.45) is 5.73 Å². The molecule has 0 spiro atoms. The van der Waals surface area contributed by atoms with Crippen LogP contribution in [0.4, 0.5) is 14.5 Å². The first-order chi connectivity index (χ1) is 13.1. The zero-order chi connectivity index (χ0) is 20.6. The number of anilines is 1. The van der Waals surface area contributed by atoms with Gasteiger partial charge in [-0.05, 0) is 18.2 Å². The van der Waals surface area contributed by atoms with Crippen LogP contribution in [0.5, 0.6) is 0 Å². The molecule has 1 aromatic heterocycles. The minimum atomic E-state index is -1.90. The molecular weight excluding hydrogens is 370 g/mol. The maximum absolute atomic E-state index is 14.3. The molecule has 1 aliphatic rings. The number of hydrogen-bond donors (Lipinski definition) is 3. The van der Waals surface area contributed by atoms with E-state index in [9.17, 15) is 23.5 Å². The predicted molar refractivity (Wildman–Crippen MR) is 96.6 cm³/mol. The molecule has 1 unspecified atom stereocenters. The molecule has 3 rings (SSSR count). The molecule has 28 heavy (non-hydrogen) atoms. The Bertz CT molecular complexity index is 1060. The zero-order valence-corrected chi connectivity index (χ0v) is 14.8. The smallest absolute Gasteiger partial charge is 0.269 e. The molecule has 2 aromatic rings. The molecule has 9 heteroatoms. The maximum Gasteiger partial charge on any atom is 0.269 e. The fourth-order valence-electron chi connectivity index (χ4n) is 2.81. The van der Waals surface area contributed by atoms with Crippen LogP contribution in [0.25, 0.3) is 11.3 Å². The average Bonchev–Trinajstić information content (AvgIpc) is 2.89. The topological polar surface area (TPSA) is 123 Å². The molecule has 5 N–H and O–H groups in total. The van der Waals surface area contributed by atoms with Crippen molar-refractivity contribution in [3.05, 3.63) is 47.2 Å². The average molecular weight is 386 g/mol. The summed E-state index contributed by atoms with van der Waals surface area (Å²) in [5, 5.41) is 10.3. The van der Waals surface area contributed by atoms with Crippen LogP contribution in [0, 0.1) is 23.5 Å². The molecule has 1 aromatic carbocycles. The van der Waals surface area contributed by atoms with Crippen molar-refractivity contribution in [1.82, 2.24) is 9.88 Å². The number of nitrogen functional groups attached to an aromatic ring is 1. The number of aliphatic hydroxyl groups is 1. The van der Waals surface area contributed by atoms with E-state index in [-0.39, 0.29) is 34.6 Å². The zero-order valence-electron chi connectivity index (χ0n) is 14.8. The molecule has 0 bridgehead atoms. The number of benzene rings is 1. The lowest BCUT2D eigenvalue weighted by Gasteiger charge is -2.13. The monoisotopic (exact) mass is 386 g/mol. The first-order valence-corrected chi connectivity index (χ1v) is 8.19. The number of nitrogens with two attached hydrogens (primary N) is 2. The Morgan fingerprint density at radius 2 is 2.04 bits per heavy atom. The Morgan fingerprint density at radius 1 is 1.32 bits per heavy atom. The summed E-state index contributed by atoms with van der Waals surface area (Å²) in [6.07, 6.45) is 0.0900. The number of primary amides is 1. The summed E-state index contributed by atoms with van der Waals surface area (Å²) in [7, 11) is 1.52. The maximum atomic E-state index is 14.3. The van der Waals surface area contributed by atoms with Gasteiger partial charge in [-0.15, -0.1) is 0 Å². The van der Waals surface area contributed by atoms with E-state index in [1.54, 1.807) is 0 Å². The first-order valence-electron chi connectivity index (χ1n) is 8.19. The molecule has 7 nitrogen and oxygen atoms in total. The summed E-state index contributed by atoms with van der Waals surface area (Å²) in [5.74, 6) is 1.75. The lowest BCUT2D eigenvalue weighted by Crippen LogP contribution is -2.37. The third kappa shape index (κ3) is 3.37. The number of pyridine rings is 1. The highest BCUT2D eigenvalue weighted by Crippen LogP contribution is 2.26. The number of hydrogen-bond acceptors (Lipinski definition) is 5. The molecule has 1 atom stereocenters. The summed E-state index contributed by atoms with van der Waals surface area (Å²) in [4.78, 5) is 28.5. The summed E-state index contributed by atoms with van der Waals surface area (Å²) >= 11 is 0. The molecule has 2 heterocycles. The van der Waals surface area contributed by atoms with Gasteiger partial charge in [0.1, 0.15) is 11.5 Å². The van der Waals surface area contributed by atoms with Crippen LogP contribution in [-0.2, 0) is 4.79 Å². The van der Waals surface area contributed by atoms with Gasteiger partial charge < -0.3 is 21.5 Å².